The van der Waals surface area contributed by atoms with Gasteiger partial charge in [0.15, 0.2) is 16.3 Å². The highest BCUT2D eigenvalue weighted by molar-refractivity contribution is 7.16. The van der Waals surface area contributed by atoms with E-state index < -0.39 is 6.10 Å². The number of nitrogens with zero attached hydrogens (tertiary/aromatic N) is 2. The summed E-state index contributed by atoms with van der Waals surface area (Å²) in [5, 5.41) is 0. The summed E-state index contributed by atoms with van der Waals surface area (Å²) in [6, 6.07) is 11.6. The van der Waals surface area contributed by atoms with Crippen molar-refractivity contribution < 1.29 is 14.3 Å². The summed E-state index contributed by atoms with van der Waals surface area (Å²) < 4.78 is 14.4. The highest BCUT2D eigenvalue weighted by Crippen LogP contribution is 2.31. The van der Waals surface area contributed by atoms with Crippen LogP contribution in [0.25, 0.3) is 10.2 Å². The first-order valence-corrected chi connectivity index (χ1v) is 8.88. The average Bonchev–Trinajstić information content (AvgIpc) is 2.90. The second-order valence-electron chi connectivity index (χ2n) is 6.16. The van der Waals surface area contributed by atoms with E-state index in [0.717, 1.165) is 10.2 Å². The molecule has 5 nitrogen and oxygen atoms in total. The van der Waals surface area contributed by atoms with Crippen LogP contribution in [-0.4, -0.2) is 23.2 Å². The summed E-state index contributed by atoms with van der Waals surface area (Å²) in [5.41, 5.74) is 3.53. The van der Waals surface area contributed by atoms with Crippen LogP contribution in [0, 0.1) is 13.8 Å². The third-order valence-corrected chi connectivity index (χ3v) is 5.51. The predicted octanol–water partition coefficient (Wildman–Crippen LogP) is 3.12. The molecule has 0 unspecified atom stereocenters. The second-order valence-corrected chi connectivity index (χ2v) is 7.17. The standard InChI is InChI=1S/C19H18N2O3S/c1-11-8-13-17(9-12(11)2)25-19(21(13)3)20-18(22)16-10-23-14-6-4-5-7-15(14)24-16/h4-9,16H,10H2,1-3H3/t16-/m0/s1. The molecule has 25 heavy (non-hydrogen) atoms. The number of amides is 1. The Bertz CT molecular complexity index is 1050. The lowest BCUT2D eigenvalue weighted by Gasteiger charge is -2.23. The first-order chi connectivity index (χ1) is 12.0. The van der Waals surface area contributed by atoms with Gasteiger partial charge in [0, 0.05) is 7.05 Å². The largest absolute Gasteiger partial charge is 0.485 e. The molecule has 0 bridgehead atoms. The van der Waals surface area contributed by atoms with Crippen molar-refractivity contribution >= 4 is 27.5 Å². The summed E-state index contributed by atoms with van der Waals surface area (Å²) in [6.45, 7) is 4.34. The molecule has 0 aliphatic carbocycles. The van der Waals surface area contributed by atoms with Gasteiger partial charge in [-0.1, -0.05) is 23.5 Å². The van der Waals surface area contributed by atoms with Crippen molar-refractivity contribution in [2.75, 3.05) is 6.61 Å². The van der Waals surface area contributed by atoms with Crippen molar-refractivity contribution in [3.8, 4) is 11.5 Å². The third-order valence-electron chi connectivity index (χ3n) is 4.41. The molecule has 0 radical (unpaired) electrons. The van der Waals surface area contributed by atoms with Gasteiger partial charge in [0.25, 0.3) is 5.91 Å². The lowest BCUT2D eigenvalue weighted by atomic mass is 10.1. The van der Waals surface area contributed by atoms with E-state index in [9.17, 15) is 4.79 Å². The summed E-state index contributed by atoms with van der Waals surface area (Å²) in [7, 11) is 1.92. The van der Waals surface area contributed by atoms with Gasteiger partial charge in [0.1, 0.15) is 6.61 Å². The molecule has 0 fully saturated rings. The summed E-state index contributed by atoms with van der Waals surface area (Å²) >= 11 is 1.50. The zero-order valence-corrected chi connectivity index (χ0v) is 15.1. The number of carbonyl (C=O) groups is 1. The smallest absolute Gasteiger partial charge is 0.292 e. The normalized spacial score (nSPS) is 17.1. The van der Waals surface area contributed by atoms with E-state index in [1.54, 1.807) is 6.07 Å². The minimum Gasteiger partial charge on any atom is -0.485 e. The van der Waals surface area contributed by atoms with E-state index in [0.29, 0.717) is 16.3 Å². The second kappa shape index (κ2) is 6.04. The van der Waals surface area contributed by atoms with E-state index in [-0.39, 0.29) is 12.5 Å². The molecule has 0 N–H and O–H groups in total. The number of carbonyl (C=O) groups excluding carboxylic acids is 1. The van der Waals surface area contributed by atoms with Gasteiger partial charge in [-0.15, -0.1) is 0 Å². The Labute approximate surface area is 149 Å². The quantitative estimate of drug-likeness (QED) is 0.675. The lowest BCUT2D eigenvalue weighted by molar-refractivity contribution is -0.127. The van der Waals surface area contributed by atoms with Crippen LogP contribution in [0.5, 0.6) is 11.5 Å². The molecule has 1 aliphatic heterocycles. The van der Waals surface area contributed by atoms with Crippen LogP contribution in [0.4, 0.5) is 0 Å². The van der Waals surface area contributed by atoms with Crippen LogP contribution in [0.1, 0.15) is 11.1 Å². The van der Waals surface area contributed by atoms with Crippen molar-refractivity contribution in [1.82, 2.24) is 4.57 Å². The number of thiazole rings is 1. The Kier molecular flexibility index (Phi) is 3.84. The number of hydrogen-bond acceptors (Lipinski definition) is 4. The molecule has 0 saturated heterocycles. The maximum Gasteiger partial charge on any atom is 0.292 e. The van der Waals surface area contributed by atoms with Gasteiger partial charge >= 0.3 is 0 Å². The molecule has 1 aromatic heterocycles. The maximum atomic E-state index is 12.6. The topological polar surface area (TPSA) is 52.8 Å². The van der Waals surface area contributed by atoms with E-state index in [1.807, 2.05) is 29.8 Å². The van der Waals surface area contributed by atoms with E-state index in [2.05, 4.69) is 31.0 Å². The zero-order chi connectivity index (χ0) is 17.6. The van der Waals surface area contributed by atoms with Crippen LogP contribution in [0.2, 0.25) is 0 Å². The van der Waals surface area contributed by atoms with Gasteiger partial charge in [-0.2, -0.15) is 4.99 Å². The first kappa shape index (κ1) is 15.9. The van der Waals surface area contributed by atoms with E-state index >= 15 is 0 Å². The molecule has 0 spiro atoms. The molecule has 1 amide bonds. The fourth-order valence-corrected chi connectivity index (χ4v) is 3.90. The Hall–Kier alpha value is -2.60. The molecule has 2 aromatic carbocycles. The van der Waals surface area contributed by atoms with Crippen molar-refractivity contribution in [2.24, 2.45) is 12.0 Å². The Balaban J connectivity index is 1.68. The number of rotatable bonds is 1. The summed E-state index contributed by atoms with van der Waals surface area (Å²) in [6.07, 6.45) is -0.719. The summed E-state index contributed by atoms with van der Waals surface area (Å²) in [5.74, 6) is 0.907. The van der Waals surface area contributed by atoms with Gasteiger partial charge < -0.3 is 14.0 Å². The third kappa shape index (κ3) is 2.82. The molecule has 6 heteroatoms. The van der Waals surface area contributed by atoms with Crippen LogP contribution < -0.4 is 14.3 Å². The Morgan fingerprint density at radius 3 is 2.72 bits per heavy atom. The molecule has 128 valence electrons. The van der Waals surface area contributed by atoms with Gasteiger partial charge in [-0.25, -0.2) is 0 Å². The molecule has 2 heterocycles. The number of fused-ring (bicyclic) bond motifs is 2. The molecular formula is C19H18N2O3S. The van der Waals surface area contributed by atoms with Gasteiger partial charge in [-0.05, 0) is 49.2 Å². The van der Waals surface area contributed by atoms with Crippen LogP contribution in [-0.2, 0) is 11.8 Å². The Morgan fingerprint density at radius 2 is 1.92 bits per heavy atom. The van der Waals surface area contributed by atoms with Gasteiger partial charge in [0.2, 0.25) is 6.10 Å². The number of para-hydroxylation sites is 2. The van der Waals surface area contributed by atoms with Crippen molar-refractivity contribution in [3.05, 3.63) is 52.3 Å². The van der Waals surface area contributed by atoms with Crippen molar-refractivity contribution in [3.63, 3.8) is 0 Å². The van der Waals surface area contributed by atoms with Gasteiger partial charge in [0.05, 0.1) is 10.2 Å². The van der Waals surface area contributed by atoms with Crippen LogP contribution >= 0.6 is 11.3 Å². The van der Waals surface area contributed by atoms with Gasteiger partial charge in [-0.3, -0.25) is 4.79 Å². The number of benzene rings is 2. The molecule has 3 aromatic rings. The molecule has 1 aliphatic rings. The van der Waals surface area contributed by atoms with Crippen molar-refractivity contribution in [1.29, 1.82) is 0 Å². The monoisotopic (exact) mass is 354 g/mol. The zero-order valence-electron chi connectivity index (χ0n) is 14.3. The number of hydrogen-bond donors (Lipinski definition) is 0. The number of ether oxygens (including phenoxy) is 2. The molecule has 4 rings (SSSR count). The highest BCUT2D eigenvalue weighted by atomic mass is 32.1. The average molecular weight is 354 g/mol. The maximum absolute atomic E-state index is 12.6. The predicted molar refractivity (Wildman–Crippen MR) is 97.2 cm³/mol. The molecule has 1 atom stereocenters. The van der Waals surface area contributed by atoms with E-state index in [4.69, 9.17) is 9.47 Å². The van der Waals surface area contributed by atoms with Crippen LogP contribution in [0.3, 0.4) is 0 Å². The minimum absolute atomic E-state index is 0.173. The fourth-order valence-electron chi connectivity index (χ4n) is 2.79. The highest BCUT2D eigenvalue weighted by Gasteiger charge is 2.27. The summed E-state index contributed by atoms with van der Waals surface area (Å²) in [4.78, 5) is 17.5. The first-order valence-electron chi connectivity index (χ1n) is 8.07. The molecular weight excluding hydrogens is 336 g/mol. The molecule has 0 saturated carbocycles. The van der Waals surface area contributed by atoms with E-state index in [1.165, 1.54) is 22.5 Å². The Morgan fingerprint density at radius 1 is 1.20 bits per heavy atom. The van der Waals surface area contributed by atoms with Crippen LogP contribution in [0.15, 0.2) is 41.4 Å². The SMILES string of the molecule is Cc1cc2sc(=NC(=O)[C@@H]3COc4ccccc4O3)n(C)c2cc1C. The minimum atomic E-state index is -0.719. The fraction of sp³-hybridized carbons (Fsp3) is 0.263. The van der Waals surface area contributed by atoms with Crippen molar-refractivity contribution in [2.45, 2.75) is 20.0 Å². The number of aromatic nitrogens is 1. The lowest BCUT2D eigenvalue weighted by Crippen LogP contribution is -2.36. The number of aryl methyl sites for hydroxylation is 3.